The van der Waals surface area contributed by atoms with Crippen molar-refractivity contribution >= 4 is 28.8 Å². The van der Waals surface area contributed by atoms with Crippen molar-refractivity contribution < 1.29 is 9.90 Å². The third-order valence-electron chi connectivity index (χ3n) is 3.70. The molecule has 5 nitrogen and oxygen atoms in total. The van der Waals surface area contributed by atoms with Crippen molar-refractivity contribution in [3.8, 4) is 10.7 Å². The Bertz CT molecular complexity index is 903. The first kappa shape index (κ1) is 16.9. The molecule has 0 saturated heterocycles. The van der Waals surface area contributed by atoms with E-state index in [4.69, 9.17) is 5.11 Å². The fourth-order valence-electron chi connectivity index (χ4n) is 2.44. The van der Waals surface area contributed by atoms with Crippen LogP contribution in [0.15, 0.2) is 54.4 Å². The predicted octanol–water partition coefficient (Wildman–Crippen LogP) is 4.68. The topological polar surface area (TPSA) is 75.1 Å². The van der Waals surface area contributed by atoms with E-state index in [2.05, 4.69) is 21.9 Å². The second kappa shape index (κ2) is 7.27. The van der Waals surface area contributed by atoms with Crippen LogP contribution in [0.25, 0.3) is 10.7 Å². The van der Waals surface area contributed by atoms with E-state index >= 15 is 0 Å². The van der Waals surface area contributed by atoms with E-state index in [1.54, 1.807) is 35.6 Å². The Hall–Kier alpha value is -2.99. The highest BCUT2D eigenvalue weighted by Crippen LogP contribution is 2.28. The molecule has 0 aliphatic heterocycles. The van der Waals surface area contributed by atoms with Crippen LogP contribution in [0, 0.1) is 6.92 Å². The van der Waals surface area contributed by atoms with Crippen LogP contribution in [0.1, 0.15) is 21.6 Å². The van der Waals surface area contributed by atoms with Gasteiger partial charge in [-0.15, -0.1) is 17.9 Å². The number of thiophene rings is 1. The zero-order valence-electron chi connectivity index (χ0n) is 13.7. The van der Waals surface area contributed by atoms with E-state index < -0.39 is 5.97 Å². The van der Waals surface area contributed by atoms with Crippen LogP contribution in [-0.2, 0) is 6.42 Å². The number of rotatable bonds is 6. The number of aryl methyl sites for hydroxylation is 1. The minimum Gasteiger partial charge on any atom is -0.478 e. The number of aromatic carboxylic acids is 1. The van der Waals surface area contributed by atoms with Gasteiger partial charge >= 0.3 is 5.97 Å². The first-order valence-electron chi connectivity index (χ1n) is 7.71. The molecule has 0 bridgehead atoms. The highest BCUT2D eigenvalue weighted by Gasteiger charge is 2.13. The number of carboxylic acids is 1. The predicted molar refractivity (Wildman–Crippen MR) is 101 cm³/mol. The van der Waals surface area contributed by atoms with Crippen LogP contribution in [0.5, 0.6) is 0 Å². The molecule has 0 aliphatic rings. The Kier molecular flexibility index (Phi) is 4.90. The zero-order valence-corrected chi connectivity index (χ0v) is 14.5. The first-order valence-corrected chi connectivity index (χ1v) is 8.59. The number of carbonyl (C=O) groups is 1. The number of aromatic nitrogens is 2. The summed E-state index contributed by atoms with van der Waals surface area (Å²) < 4.78 is 0. The molecule has 3 rings (SSSR count). The largest absolute Gasteiger partial charge is 0.478 e. The number of anilines is 2. The molecule has 0 fully saturated rings. The molecule has 0 atom stereocenters. The SMILES string of the molecule is C=CCc1c(C)nc(-c2cccs2)nc1Nc1ccc(C(=O)O)cc1. The Labute approximate surface area is 149 Å². The number of carboxylic acid groups (broad SMARTS) is 1. The maximum Gasteiger partial charge on any atom is 0.335 e. The van der Waals surface area contributed by atoms with Crippen molar-refractivity contribution in [3.63, 3.8) is 0 Å². The third-order valence-corrected chi connectivity index (χ3v) is 4.56. The van der Waals surface area contributed by atoms with E-state index in [0.717, 1.165) is 21.8 Å². The molecule has 3 aromatic rings. The summed E-state index contributed by atoms with van der Waals surface area (Å²) >= 11 is 1.59. The van der Waals surface area contributed by atoms with E-state index in [9.17, 15) is 4.79 Å². The summed E-state index contributed by atoms with van der Waals surface area (Å²) in [6.45, 7) is 5.76. The van der Waals surface area contributed by atoms with Gasteiger partial charge in [0.05, 0.1) is 10.4 Å². The van der Waals surface area contributed by atoms with Gasteiger partial charge in [0.1, 0.15) is 5.82 Å². The summed E-state index contributed by atoms with van der Waals surface area (Å²) in [5, 5.41) is 14.3. The number of hydrogen-bond donors (Lipinski definition) is 2. The van der Waals surface area contributed by atoms with Crippen molar-refractivity contribution in [2.24, 2.45) is 0 Å². The molecular formula is C19H17N3O2S. The lowest BCUT2D eigenvalue weighted by Crippen LogP contribution is -2.05. The van der Waals surface area contributed by atoms with Crippen LogP contribution < -0.4 is 5.32 Å². The standard InChI is InChI=1S/C19H17N3O2S/c1-3-5-15-12(2)20-18(16-6-4-11-25-16)22-17(15)21-14-9-7-13(8-10-14)19(23)24/h3-4,6-11H,1,5H2,2H3,(H,23,24)(H,20,21,22). The molecule has 25 heavy (non-hydrogen) atoms. The van der Waals surface area contributed by atoms with Gasteiger partial charge in [0, 0.05) is 16.9 Å². The summed E-state index contributed by atoms with van der Waals surface area (Å²) in [7, 11) is 0. The number of hydrogen-bond acceptors (Lipinski definition) is 5. The monoisotopic (exact) mass is 351 g/mol. The van der Waals surface area contributed by atoms with Gasteiger partial charge in [-0.05, 0) is 49.1 Å². The normalized spacial score (nSPS) is 10.4. The van der Waals surface area contributed by atoms with E-state index in [1.807, 2.05) is 30.5 Å². The fourth-order valence-corrected chi connectivity index (χ4v) is 3.09. The lowest BCUT2D eigenvalue weighted by atomic mass is 10.1. The molecule has 0 aliphatic carbocycles. The molecule has 2 N–H and O–H groups in total. The van der Waals surface area contributed by atoms with Crippen molar-refractivity contribution in [2.45, 2.75) is 13.3 Å². The lowest BCUT2D eigenvalue weighted by Gasteiger charge is -2.14. The molecule has 0 saturated carbocycles. The fraction of sp³-hybridized carbons (Fsp3) is 0.105. The molecule has 126 valence electrons. The lowest BCUT2D eigenvalue weighted by molar-refractivity contribution is 0.0697. The summed E-state index contributed by atoms with van der Waals surface area (Å²) in [4.78, 5) is 21.3. The van der Waals surface area contributed by atoms with Gasteiger partial charge in [-0.2, -0.15) is 0 Å². The number of nitrogens with zero attached hydrogens (tertiary/aromatic N) is 2. The van der Waals surface area contributed by atoms with Crippen LogP contribution in [0.4, 0.5) is 11.5 Å². The van der Waals surface area contributed by atoms with Crippen LogP contribution in [0.3, 0.4) is 0 Å². The van der Waals surface area contributed by atoms with Crippen LogP contribution in [-0.4, -0.2) is 21.0 Å². The molecule has 0 amide bonds. The minimum absolute atomic E-state index is 0.245. The second-order valence-electron chi connectivity index (χ2n) is 5.44. The Balaban J connectivity index is 2.00. The Morgan fingerprint density at radius 3 is 2.64 bits per heavy atom. The smallest absolute Gasteiger partial charge is 0.335 e. The van der Waals surface area contributed by atoms with Gasteiger partial charge in [0.15, 0.2) is 5.82 Å². The minimum atomic E-state index is -0.947. The molecule has 0 unspecified atom stereocenters. The summed E-state index contributed by atoms with van der Waals surface area (Å²) in [6, 6.07) is 10.5. The molecule has 1 aromatic carbocycles. The summed E-state index contributed by atoms with van der Waals surface area (Å²) in [6.07, 6.45) is 2.46. The maximum absolute atomic E-state index is 11.0. The average Bonchev–Trinajstić information content (AvgIpc) is 3.13. The summed E-state index contributed by atoms with van der Waals surface area (Å²) in [5.74, 6) is 0.431. The van der Waals surface area contributed by atoms with E-state index in [0.29, 0.717) is 18.1 Å². The van der Waals surface area contributed by atoms with E-state index in [1.165, 1.54) is 0 Å². The van der Waals surface area contributed by atoms with Gasteiger partial charge in [-0.3, -0.25) is 0 Å². The van der Waals surface area contributed by atoms with Gasteiger partial charge in [0.2, 0.25) is 0 Å². The number of allylic oxidation sites excluding steroid dienone is 1. The Morgan fingerprint density at radius 1 is 1.28 bits per heavy atom. The molecule has 2 heterocycles. The van der Waals surface area contributed by atoms with Crippen molar-refractivity contribution in [2.75, 3.05) is 5.32 Å². The average molecular weight is 351 g/mol. The second-order valence-corrected chi connectivity index (χ2v) is 6.39. The van der Waals surface area contributed by atoms with Crippen molar-refractivity contribution in [3.05, 3.63) is 71.3 Å². The van der Waals surface area contributed by atoms with Crippen LogP contribution >= 0.6 is 11.3 Å². The molecule has 0 radical (unpaired) electrons. The van der Waals surface area contributed by atoms with Crippen molar-refractivity contribution in [1.82, 2.24) is 9.97 Å². The Morgan fingerprint density at radius 2 is 2.04 bits per heavy atom. The highest BCUT2D eigenvalue weighted by molar-refractivity contribution is 7.13. The third kappa shape index (κ3) is 3.75. The molecule has 0 spiro atoms. The molecule has 6 heteroatoms. The number of nitrogens with one attached hydrogen (secondary N) is 1. The molecule has 2 aromatic heterocycles. The van der Waals surface area contributed by atoms with Crippen molar-refractivity contribution in [1.29, 1.82) is 0 Å². The zero-order chi connectivity index (χ0) is 17.8. The van der Waals surface area contributed by atoms with Gasteiger partial charge in [-0.25, -0.2) is 14.8 Å². The molecular weight excluding hydrogens is 334 g/mol. The summed E-state index contributed by atoms with van der Waals surface area (Å²) in [5.41, 5.74) is 2.88. The maximum atomic E-state index is 11.0. The van der Waals surface area contributed by atoms with Crippen LogP contribution in [0.2, 0.25) is 0 Å². The highest BCUT2D eigenvalue weighted by atomic mass is 32.1. The first-order chi connectivity index (χ1) is 12.1. The van der Waals surface area contributed by atoms with Gasteiger partial charge in [0.25, 0.3) is 0 Å². The van der Waals surface area contributed by atoms with Gasteiger partial charge in [-0.1, -0.05) is 12.1 Å². The quantitative estimate of drug-likeness (QED) is 0.631. The van der Waals surface area contributed by atoms with Gasteiger partial charge < -0.3 is 10.4 Å². The van der Waals surface area contributed by atoms with E-state index in [-0.39, 0.29) is 5.56 Å². The number of benzene rings is 1.